The van der Waals surface area contributed by atoms with E-state index in [2.05, 4.69) is 5.32 Å². The molecule has 0 aliphatic heterocycles. The lowest BCUT2D eigenvalue weighted by Crippen LogP contribution is -2.32. The van der Waals surface area contributed by atoms with Crippen LogP contribution in [0.3, 0.4) is 0 Å². The summed E-state index contributed by atoms with van der Waals surface area (Å²) >= 11 is 0. The third-order valence-electron chi connectivity index (χ3n) is 3.96. The van der Waals surface area contributed by atoms with Crippen molar-refractivity contribution in [3.8, 4) is 5.75 Å². The molecule has 2 aromatic carbocycles. The molecule has 0 saturated heterocycles. The van der Waals surface area contributed by atoms with E-state index in [1.165, 1.54) is 17.5 Å². The molecular formula is C19H23FN2O4S. The number of amides is 1. The number of methoxy groups -OCH3 is 1. The molecule has 1 N–H and O–H groups in total. The van der Waals surface area contributed by atoms with Crippen LogP contribution in [0.4, 0.5) is 10.1 Å². The lowest BCUT2D eigenvalue weighted by atomic mass is 10.2. The first kappa shape index (κ1) is 20.7. The maximum absolute atomic E-state index is 13.5. The molecule has 0 aromatic heterocycles. The molecule has 0 fully saturated rings. The molecule has 0 aliphatic rings. The van der Waals surface area contributed by atoms with Crippen molar-refractivity contribution in [1.29, 1.82) is 0 Å². The van der Waals surface area contributed by atoms with E-state index in [0.717, 1.165) is 6.26 Å². The molecule has 0 radical (unpaired) electrons. The van der Waals surface area contributed by atoms with Crippen LogP contribution in [0.5, 0.6) is 5.75 Å². The van der Waals surface area contributed by atoms with Crippen molar-refractivity contribution in [1.82, 2.24) is 5.32 Å². The summed E-state index contributed by atoms with van der Waals surface area (Å²) in [5.74, 6) is -0.0123. The number of hydrogen-bond donors (Lipinski definition) is 1. The van der Waals surface area contributed by atoms with Gasteiger partial charge in [0.25, 0.3) is 0 Å². The first-order valence-electron chi connectivity index (χ1n) is 8.43. The molecule has 8 heteroatoms. The second kappa shape index (κ2) is 9.36. The molecule has 1 amide bonds. The highest BCUT2D eigenvalue weighted by molar-refractivity contribution is 7.92. The smallest absolute Gasteiger partial charge is 0.232 e. The summed E-state index contributed by atoms with van der Waals surface area (Å²) in [6.45, 7) is 0.262. The third-order valence-corrected chi connectivity index (χ3v) is 5.15. The Morgan fingerprint density at radius 2 is 1.81 bits per heavy atom. The van der Waals surface area contributed by atoms with E-state index < -0.39 is 10.0 Å². The van der Waals surface area contributed by atoms with Gasteiger partial charge in [-0.2, -0.15) is 0 Å². The van der Waals surface area contributed by atoms with Crippen molar-refractivity contribution in [3.63, 3.8) is 0 Å². The maximum Gasteiger partial charge on any atom is 0.232 e. The van der Waals surface area contributed by atoms with Gasteiger partial charge in [-0.3, -0.25) is 9.10 Å². The number of anilines is 1. The van der Waals surface area contributed by atoms with E-state index in [-0.39, 0.29) is 31.2 Å². The SMILES string of the molecule is COc1ccc(N(CCCC(=O)NCc2ccccc2F)S(C)(=O)=O)cc1. The summed E-state index contributed by atoms with van der Waals surface area (Å²) < 4.78 is 44.0. The Morgan fingerprint density at radius 3 is 2.41 bits per heavy atom. The summed E-state index contributed by atoms with van der Waals surface area (Å²) in [6, 6.07) is 12.9. The van der Waals surface area contributed by atoms with Crippen molar-refractivity contribution in [2.24, 2.45) is 0 Å². The topological polar surface area (TPSA) is 75.7 Å². The van der Waals surface area contributed by atoms with Crippen molar-refractivity contribution in [3.05, 3.63) is 59.9 Å². The summed E-state index contributed by atoms with van der Waals surface area (Å²) in [5, 5.41) is 2.64. The fraction of sp³-hybridized carbons (Fsp3) is 0.316. The predicted octanol–water partition coefficient (Wildman–Crippen LogP) is 2.70. The van der Waals surface area contributed by atoms with Gasteiger partial charge >= 0.3 is 0 Å². The van der Waals surface area contributed by atoms with Gasteiger partial charge < -0.3 is 10.1 Å². The van der Waals surface area contributed by atoms with Gasteiger partial charge in [0.15, 0.2) is 0 Å². The quantitative estimate of drug-likeness (QED) is 0.710. The normalized spacial score (nSPS) is 11.1. The summed E-state index contributed by atoms with van der Waals surface area (Å²) in [7, 11) is -1.95. The molecule has 0 saturated carbocycles. The van der Waals surface area contributed by atoms with Crippen LogP contribution in [0.25, 0.3) is 0 Å². The van der Waals surface area contributed by atoms with Crippen LogP contribution in [-0.2, 0) is 21.4 Å². The standard InChI is InChI=1S/C19H23FN2O4S/c1-26-17-11-9-16(10-12-17)22(27(2,24)25)13-5-8-19(23)21-14-15-6-3-4-7-18(15)20/h3-4,6-7,9-12H,5,8,13-14H2,1-2H3,(H,21,23). The average Bonchev–Trinajstić information content (AvgIpc) is 2.64. The molecule has 0 spiro atoms. The molecule has 146 valence electrons. The van der Waals surface area contributed by atoms with Gasteiger partial charge in [-0.05, 0) is 36.8 Å². The van der Waals surface area contributed by atoms with Gasteiger partial charge in [0, 0.05) is 25.1 Å². The van der Waals surface area contributed by atoms with E-state index in [0.29, 0.717) is 23.4 Å². The highest BCUT2D eigenvalue weighted by atomic mass is 32.2. The Balaban J connectivity index is 1.89. The lowest BCUT2D eigenvalue weighted by Gasteiger charge is -2.22. The Bertz CT molecular complexity index is 870. The van der Waals surface area contributed by atoms with E-state index >= 15 is 0 Å². The van der Waals surface area contributed by atoms with Gasteiger partial charge in [0.2, 0.25) is 15.9 Å². The number of rotatable bonds is 9. The number of hydrogen-bond acceptors (Lipinski definition) is 4. The summed E-state index contributed by atoms with van der Waals surface area (Å²) in [6.07, 6.45) is 1.59. The maximum atomic E-state index is 13.5. The largest absolute Gasteiger partial charge is 0.497 e. The second-order valence-corrected chi connectivity index (χ2v) is 7.91. The second-order valence-electron chi connectivity index (χ2n) is 6.00. The van der Waals surface area contributed by atoms with Crippen LogP contribution in [0, 0.1) is 5.82 Å². The van der Waals surface area contributed by atoms with Gasteiger partial charge in [0.1, 0.15) is 11.6 Å². The third kappa shape index (κ3) is 6.25. The van der Waals surface area contributed by atoms with E-state index in [1.807, 2.05) is 0 Å². The van der Waals surface area contributed by atoms with E-state index in [1.54, 1.807) is 42.5 Å². The number of benzene rings is 2. The molecule has 27 heavy (non-hydrogen) atoms. The Morgan fingerprint density at radius 1 is 1.15 bits per heavy atom. The lowest BCUT2D eigenvalue weighted by molar-refractivity contribution is -0.121. The fourth-order valence-electron chi connectivity index (χ4n) is 2.54. The van der Waals surface area contributed by atoms with Crippen LogP contribution in [0.1, 0.15) is 18.4 Å². The van der Waals surface area contributed by atoms with Crippen LogP contribution in [0.2, 0.25) is 0 Å². The highest BCUT2D eigenvalue weighted by Gasteiger charge is 2.17. The van der Waals surface area contributed by atoms with E-state index in [4.69, 9.17) is 4.74 Å². The van der Waals surface area contributed by atoms with Crippen molar-refractivity contribution in [2.75, 3.05) is 24.2 Å². The van der Waals surface area contributed by atoms with Crippen molar-refractivity contribution < 1.29 is 22.3 Å². The molecular weight excluding hydrogens is 371 g/mol. The zero-order valence-corrected chi connectivity index (χ0v) is 16.1. The van der Waals surface area contributed by atoms with Gasteiger partial charge in [-0.15, -0.1) is 0 Å². The van der Waals surface area contributed by atoms with Crippen molar-refractivity contribution >= 4 is 21.6 Å². The first-order valence-corrected chi connectivity index (χ1v) is 10.3. The number of halogens is 1. The molecule has 0 atom stereocenters. The van der Waals surface area contributed by atoms with Gasteiger partial charge in [-0.25, -0.2) is 12.8 Å². The summed E-state index contributed by atoms with van der Waals surface area (Å²) in [4.78, 5) is 12.0. The highest BCUT2D eigenvalue weighted by Crippen LogP contribution is 2.21. The molecule has 0 heterocycles. The number of sulfonamides is 1. The van der Waals surface area contributed by atoms with Crippen LogP contribution >= 0.6 is 0 Å². The van der Waals surface area contributed by atoms with Crippen LogP contribution in [-0.4, -0.2) is 34.2 Å². The zero-order chi connectivity index (χ0) is 19.9. The summed E-state index contributed by atoms with van der Waals surface area (Å²) in [5.41, 5.74) is 0.909. The number of nitrogens with one attached hydrogen (secondary N) is 1. The van der Waals surface area contributed by atoms with Gasteiger partial charge in [-0.1, -0.05) is 18.2 Å². The van der Waals surface area contributed by atoms with Crippen molar-refractivity contribution in [2.45, 2.75) is 19.4 Å². The minimum atomic E-state index is -3.49. The van der Waals surface area contributed by atoms with E-state index in [9.17, 15) is 17.6 Å². The molecule has 2 aromatic rings. The molecule has 0 bridgehead atoms. The number of carbonyl (C=O) groups excluding carboxylic acids is 1. The average molecular weight is 394 g/mol. The Kier molecular flexibility index (Phi) is 7.18. The van der Waals surface area contributed by atoms with Crippen LogP contribution < -0.4 is 14.4 Å². The van der Waals surface area contributed by atoms with Crippen LogP contribution in [0.15, 0.2) is 48.5 Å². The Labute approximate surface area is 159 Å². The van der Waals surface area contributed by atoms with Gasteiger partial charge in [0.05, 0.1) is 19.1 Å². The number of ether oxygens (including phenoxy) is 1. The molecule has 2 rings (SSSR count). The minimum absolute atomic E-state index is 0.0970. The minimum Gasteiger partial charge on any atom is -0.497 e. The zero-order valence-electron chi connectivity index (χ0n) is 15.3. The number of nitrogens with zero attached hydrogens (tertiary/aromatic N) is 1. The Hall–Kier alpha value is -2.61. The number of carbonyl (C=O) groups is 1. The molecule has 6 nitrogen and oxygen atoms in total. The monoisotopic (exact) mass is 394 g/mol. The molecule has 0 aliphatic carbocycles. The predicted molar refractivity (Wildman–Crippen MR) is 103 cm³/mol. The fourth-order valence-corrected chi connectivity index (χ4v) is 3.51. The first-order chi connectivity index (χ1) is 12.8. The molecule has 0 unspecified atom stereocenters.